The van der Waals surface area contributed by atoms with Crippen molar-refractivity contribution >= 4 is 17.6 Å². The third-order valence-corrected chi connectivity index (χ3v) is 5.98. The van der Waals surface area contributed by atoms with Gasteiger partial charge in [-0.2, -0.15) is 0 Å². The van der Waals surface area contributed by atoms with Crippen LogP contribution in [0.15, 0.2) is 42.5 Å². The molecule has 0 fully saturated rings. The van der Waals surface area contributed by atoms with Crippen molar-refractivity contribution in [3.05, 3.63) is 69.7 Å². The molecular formula is C27H40ClNO2. The highest BCUT2D eigenvalue weighted by molar-refractivity contribution is 6.31. The van der Waals surface area contributed by atoms with Crippen LogP contribution in [0.5, 0.6) is 0 Å². The summed E-state index contributed by atoms with van der Waals surface area (Å²) in [6, 6.07) is 12.7. The van der Waals surface area contributed by atoms with E-state index in [2.05, 4.69) is 6.92 Å². The largest absolute Gasteiger partial charge is 0.478 e. The maximum atomic E-state index is 11.1. The van der Waals surface area contributed by atoms with Crippen LogP contribution in [-0.2, 0) is 6.42 Å². The summed E-state index contributed by atoms with van der Waals surface area (Å²) in [4.78, 5) is 11.1. The first kappa shape index (κ1) is 27.2. The molecule has 0 saturated heterocycles. The van der Waals surface area contributed by atoms with Crippen molar-refractivity contribution in [3.63, 3.8) is 0 Å². The minimum Gasteiger partial charge on any atom is -0.478 e. The zero-order valence-electron chi connectivity index (χ0n) is 19.3. The molecule has 172 valence electrons. The number of halogens is 1. The van der Waals surface area contributed by atoms with Crippen LogP contribution in [0.3, 0.4) is 0 Å². The quantitative estimate of drug-likeness (QED) is 0.309. The monoisotopic (exact) mass is 445 g/mol. The second-order valence-corrected chi connectivity index (χ2v) is 8.54. The minimum absolute atomic E-state index is 0.344. The van der Waals surface area contributed by atoms with Crippen LogP contribution in [-0.4, -0.2) is 17.6 Å². The minimum atomic E-state index is -0.898. The van der Waals surface area contributed by atoms with E-state index in [1.165, 1.54) is 64.2 Å². The summed E-state index contributed by atoms with van der Waals surface area (Å²) in [5.41, 5.74) is 8.62. The van der Waals surface area contributed by atoms with E-state index in [1.807, 2.05) is 37.3 Å². The molecule has 0 saturated carbocycles. The summed E-state index contributed by atoms with van der Waals surface area (Å²) in [5, 5.41) is 9.85. The molecule has 0 aliphatic rings. The van der Waals surface area contributed by atoms with E-state index in [-0.39, 0.29) is 0 Å². The van der Waals surface area contributed by atoms with Crippen LogP contribution >= 0.6 is 11.6 Å². The summed E-state index contributed by atoms with van der Waals surface area (Å²) in [6.45, 7) is 5.09. The fourth-order valence-electron chi connectivity index (χ4n) is 3.56. The molecule has 0 amide bonds. The van der Waals surface area contributed by atoms with Crippen LogP contribution < -0.4 is 5.73 Å². The summed E-state index contributed by atoms with van der Waals surface area (Å²) < 4.78 is 0. The van der Waals surface area contributed by atoms with Gasteiger partial charge in [0.1, 0.15) is 0 Å². The number of carbonyl (C=O) groups is 1. The molecule has 4 heteroatoms. The third-order valence-electron chi connectivity index (χ3n) is 5.57. The van der Waals surface area contributed by atoms with Crippen LogP contribution in [0.25, 0.3) is 0 Å². The Morgan fingerprint density at radius 2 is 1.39 bits per heavy atom. The number of aromatic carboxylic acids is 1. The van der Waals surface area contributed by atoms with Gasteiger partial charge in [-0.1, -0.05) is 107 Å². The Bertz CT molecular complexity index is 751. The molecule has 0 aromatic heterocycles. The highest BCUT2D eigenvalue weighted by atomic mass is 35.5. The van der Waals surface area contributed by atoms with Crippen molar-refractivity contribution in [2.75, 3.05) is 6.54 Å². The van der Waals surface area contributed by atoms with Gasteiger partial charge >= 0.3 is 5.97 Å². The van der Waals surface area contributed by atoms with Crippen molar-refractivity contribution in [1.82, 2.24) is 0 Å². The molecule has 0 aliphatic heterocycles. The standard InChI is InChI=1S/C15H13ClO2.C12H27N/c1-10-11(6-4-8-14(10)16)9-12-5-2-3-7-13(12)15(17)18;1-2-3-4-5-6-7-8-9-10-11-12-13/h2-8H,9H2,1H3,(H,17,18);2-13H2,1H3. The van der Waals surface area contributed by atoms with E-state index in [0.29, 0.717) is 17.0 Å². The van der Waals surface area contributed by atoms with Gasteiger partial charge < -0.3 is 10.8 Å². The van der Waals surface area contributed by atoms with Crippen LogP contribution in [0.1, 0.15) is 98.2 Å². The van der Waals surface area contributed by atoms with Crippen molar-refractivity contribution in [2.24, 2.45) is 5.73 Å². The molecule has 3 nitrogen and oxygen atoms in total. The van der Waals surface area contributed by atoms with Crippen molar-refractivity contribution in [3.8, 4) is 0 Å². The number of hydrogen-bond donors (Lipinski definition) is 2. The molecule has 0 aliphatic carbocycles. The van der Waals surface area contributed by atoms with Gasteiger partial charge in [0.05, 0.1) is 5.56 Å². The lowest BCUT2D eigenvalue weighted by Crippen LogP contribution is -2.03. The molecule has 0 unspecified atom stereocenters. The van der Waals surface area contributed by atoms with Gasteiger partial charge in [0.15, 0.2) is 0 Å². The Hall–Kier alpha value is -1.84. The Morgan fingerprint density at radius 1 is 0.839 bits per heavy atom. The number of rotatable bonds is 13. The predicted molar refractivity (Wildman–Crippen MR) is 133 cm³/mol. The highest BCUT2D eigenvalue weighted by Crippen LogP contribution is 2.22. The SMILES string of the molecule is CCCCCCCCCCCCN.Cc1c(Cl)cccc1Cc1ccccc1C(=O)O. The predicted octanol–water partition coefficient (Wildman–Crippen LogP) is 7.80. The van der Waals surface area contributed by atoms with Gasteiger partial charge in [-0.15, -0.1) is 0 Å². The molecule has 3 N–H and O–H groups in total. The number of hydrogen-bond acceptors (Lipinski definition) is 2. The molecule has 2 rings (SSSR count). The second kappa shape index (κ2) is 16.8. The van der Waals surface area contributed by atoms with Crippen molar-refractivity contribution in [1.29, 1.82) is 0 Å². The fraction of sp³-hybridized carbons (Fsp3) is 0.519. The average molecular weight is 446 g/mol. The lowest BCUT2D eigenvalue weighted by atomic mass is 9.97. The first-order chi connectivity index (χ1) is 15.0. The zero-order valence-corrected chi connectivity index (χ0v) is 20.1. The number of carboxylic acids is 1. The summed E-state index contributed by atoms with van der Waals surface area (Å²) >= 11 is 6.07. The Morgan fingerprint density at radius 3 is 1.97 bits per heavy atom. The van der Waals surface area contributed by atoms with Gasteiger partial charge in [0.2, 0.25) is 0 Å². The van der Waals surface area contributed by atoms with E-state index in [9.17, 15) is 4.79 Å². The zero-order chi connectivity index (χ0) is 22.9. The second-order valence-electron chi connectivity index (χ2n) is 8.13. The van der Waals surface area contributed by atoms with Gasteiger partial charge in [0, 0.05) is 5.02 Å². The fourth-order valence-corrected chi connectivity index (χ4v) is 3.76. The Balaban J connectivity index is 0.000000330. The van der Waals surface area contributed by atoms with Gasteiger partial charge in [-0.05, 0) is 55.1 Å². The molecule has 2 aromatic carbocycles. The van der Waals surface area contributed by atoms with E-state index in [1.54, 1.807) is 12.1 Å². The first-order valence-electron chi connectivity index (χ1n) is 11.8. The number of unbranched alkanes of at least 4 members (excludes halogenated alkanes) is 9. The van der Waals surface area contributed by atoms with Crippen molar-refractivity contribution < 1.29 is 9.90 Å². The molecule has 0 spiro atoms. The maximum absolute atomic E-state index is 11.1. The number of benzene rings is 2. The topological polar surface area (TPSA) is 63.3 Å². The summed E-state index contributed by atoms with van der Waals surface area (Å²) in [5.74, 6) is -0.898. The maximum Gasteiger partial charge on any atom is 0.335 e. The smallest absolute Gasteiger partial charge is 0.335 e. The van der Waals surface area contributed by atoms with Gasteiger partial charge in [-0.3, -0.25) is 0 Å². The third kappa shape index (κ3) is 11.4. The Labute approximate surface area is 194 Å². The highest BCUT2D eigenvalue weighted by Gasteiger charge is 2.11. The molecule has 31 heavy (non-hydrogen) atoms. The van der Waals surface area contributed by atoms with Crippen LogP contribution in [0, 0.1) is 6.92 Å². The van der Waals surface area contributed by atoms with Crippen molar-refractivity contribution in [2.45, 2.75) is 84.5 Å². The summed E-state index contributed by atoms with van der Waals surface area (Å²) in [7, 11) is 0. The van der Waals surface area contributed by atoms with Crippen LogP contribution in [0.4, 0.5) is 0 Å². The average Bonchev–Trinajstić information content (AvgIpc) is 2.76. The molecule has 0 radical (unpaired) electrons. The number of nitrogens with two attached hydrogens (primary N) is 1. The molecule has 2 aromatic rings. The lowest BCUT2D eigenvalue weighted by Gasteiger charge is -2.09. The van der Waals surface area contributed by atoms with E-state index >= 15 is 0 Å². The number of carboxylic acid groups (broad SMARTS) is 1. The molecule has 0 bridgehead atoms. The first-order valence-corrected chi connectivity index (χ1v) is 12.1. The summed E-state index contributed by atoms with van der Waals surface area (Å²) in [6.07, 6.45) is 14.5. The van der Waals surface area contributed by atoms with Crippen LogP contribution in [0.2, 0.25) is 5.02 Å². The van der Waals surface area contributed by atoms with Gasteiger partial charge in [0.25, 0.3) is 0 Å². The van der Waals surface area contributed by atoms with E-state index in [0.717, 1.165) is 23.2 Å². The van der Waals surface area contributed by atoms with E-state index < -0.39 is 5.97 Å². The van der Waals surface area contributed by atoms with E-state index in [4.69, 9.17) is 22.4 Å². The normalized spacial score (nSPS) is 10.5. The van der Waals surface area contributed by atoms with Gasteiger partial charge in [-0.25, -0.2) is 4.79 Å². The molecule has 0 atom stereocenters. The molecule has 0 heterocycles. The Kier molecular flexibility index (Phi) is 14.7. The lowest BCUT2D eigenvalue weighted by molar-refractivity contribution is 0.0696. The molecular weight excluding hydrogens is 406 g/mol.